The number of anilines is 1. The molecule has 2 aromatic rings. The Morgan fingerprint density at radius 3 is 2.62 bits per heavy atom. The van der Waals surface area contributed by atoms with Crippen molar-refractivity contribution in [3.05, 3.63) is 63.7 Å². The van der Waals surface area contributed by atoms with Gasteiger partial charge in [0.2, 0.25) is 5.91 Å². The molecule has 3 rings (SSSR count). The fourth-order valence-corrected chi connectivity index (χ4v) is 3.47. The number of nitrogens with zero attached hydrogens (tertiary/aromatic N) is 3. The van der Waals surface area contributed by atoms with Gasteiger partial charge >= 0.3 is 6.09 Å². The van der Waals surface area contributed by atoms with E-state index in [-0.39, 0.29) is 29.3 Å². The van der Waals surface area contributed by atoms with Crippen molar-refractivity contribution in [3.8, 4) is 5.75 Å². The van der Waals surface area contributed by atoms with Crippen LogP contribution in [0.5, 0.6) is 5.75 Å². The van der Waals surface area contributed by atoms with E-state index in [1.54, 1.807) is 32.0 Å². The maximum atomic E-state index is 13.3. The number of amides is 4. The highest BCUT2D eigenvalue weighted by molar-refractivity contribution is 6.24. The molecule has 1 aliphatic rings. The zero-order valence-corrected chi connectivity index (χ0v) is 18.6. The Morgan fingerprint density at radius 2 is 1.97 bits per heavy atom. The van der Waals surface area contributed by atoms with Gasteiger partial charge in [-0.05, 0) is 37.6 Å². The van der Waals surface area contributed by atoms with Gasteiger partial charge in [-0.1, -0.05) is 12.1 Å². The molecule has 4 amide bonds. The molecule has 1 heterocycles. The molecule has 1 aliphatic heterocycles. The second-order valence-electron chi connectivity index (χ2n) is 7.28. The molecule has 12 nitrogen and oxygen atoms in total. The van der Waals surface area contributed by atoms with Gasteiger partial charge in [-0.3, -0.25) is 24.5 Å². The average Bonchev–Trinajstić information content (AvgIpc) is 3.10. The SMILES string of the molecule is CCOC(=O)NN(C(=O)c1cccc([N+](=O)[O-])c1)C1CC(=O)N(c2cc(C)ccc2OC)C1=O. The number of rotatable bonds is 6. The van der Waals surface area contributed by atoms with Gasteiger partial charge in [-0.15, -0.1) is 0 Å². The minimum Gasteiger partial charge on any atom is -0.495 e. The number of carbonyl (C=O) groups excluding carboxylic acids is 4. The van der Waals surface area contributed by atoms with E-state index in [9.17, 15) is 29.3 Å². The van der Waals surface area contributed by atoms with Crippen LogP contribution in [-0.4, -0.2) is 53.5 Å². The summed E-state index contributed by atoms with van der Waals surface area (Å²) >= 11 is 0. The highest BCUT2D eigenvalue weighted by Gasteiger charge is 2.46. The van der Waals surface area contributed by atoms with Crippen molar-refractivity contribution >= 4 is 35.2 Å². The average molecular weight is 470 g/mol. The van der Waals surface area contributed by atoms with Crippen molar-refractivity contribution < 1.29 is 33.6 Å². The lowest BCUT2D eigenvalue weighted by Crippen LogP contribution is -2.54. The second-order valence-corrected chi connectivity index (χ2v) is 7.28. The molecule has 178 valence electrons. The van der Waals surface area contributed by atoms with Crippen LogP contribution >= 0.6 is 0 Å². The standard InChI is InChI=1S/C22H22N4O8/c1-4-34-22(30)23-25(20(28)14-6-5-7-15(11-14)26(31)32)17-12-19(27)24(21(17)29)16-10-13(2)8-9-18(16)33-3/h5-11,17H,4,12H2,1-3H3,(H,23,30). The molecule has 34 heavy (non-hydrogen) atoms. The van der Waals surface area contributed by atoms with Crippen molar-refractivity contribution in [1.29, 1.82) is 0 Å². The van der Waals surface area contributed by atoms with Crippen LogP contribution in [0.3, 0.4) is 0 Å². The summed E-state index contributed by atoms with van der Waals surface area (Å²) in [6, 6.07) is 8.28. The van der Waals surface area contributed by atoms with Crippen LogP contribution in [0.15, 0.2) is 42.5 Å². The van der Waals surface area contributed by atoms with Gasteiger partial charge in [-0.2, -0.15) is 0 Å². The van der Waals surface area contributed by atoms with Gasteiger partial charge < -0.3 is 9.47 Å². The third kappa shape index (κ3) is 4.80. The van der Waals surface area contributed by atoms with Crippen LogP contribution in [0.2, 0.25) is 0 Å². The lowest BCUT2D eigenvalue weighted by molar-refractivity contribution is -0.384. The Kier molecular flexibility index (Phi) is 7.09. The Hall–Kier alpha value is -4.48. The number of nitrogens with one attached hydrogen (secondary N) is 1. The topological polar surface area (TPSA) is 148 Å². The molecule has 0 aromatic heterocycles. The van der Waals surface area contributed by atoms with Crippen molar-refractivity contribution in [2.24, 2.45) is 0 Å². The fourth-order valence-electron chi connectivity index (χ4n) is 3.47. The molecule has 0 bridgehead atoms. The molecule has 1 fully saturated rings. The smallest absolute Gasteiger partial charge is 0.426 e. The van der Waals surface area contributed by atoms with E-state index in [0.717, 1.165) is 16.5 Å². The number of benzene rings is 2. The third-order valence-electron chi connectivity index (χ3n) is 5.02. The number of hydrazine groups is 1. The minimum absolute atomic E-state index is 0.0190. The number of nitro benzene ring substituents is 1. The van der Waals surface area contributed by atoms with Gasteiger partial charge in [0.05, 0.1) is 30.7 Å². The highest BCUT2D eigenvalue weighted by Crippen LogP contribution is 2.34. The summed E-state index contributed by atoms with van der Waals surface area (Å²) in [7, 11) is 1.39. The highest BCUT2D eigenvalue weighted by atomic mass is 16.6. The van der Waals surface area contributed by atoms with Crippen LogP contribution in [0.25, 0.3) is 0 Å². The summed E-state index contributed by atoms with van der Waals surface area (Å²) in [5, 5.41) is 11.8. The normalized spacial score (nSPS) is 15.1. The van der Waals surface area contributed by atoms with Crippen molar-refractivity contribution in [3.63, 3.8) is 0 Å². The molecular weight excluding hydrogens is 448 g/mol. The molecular formula is C22H22N4O8. The van der Waals surface area contributed by atoms with Crippen LogP contribution < -0.4 is 15.1 Å². The van der Waals surface area contributed by atoms with Crippen LogP contribution in [-0.2, 0) is 14.3 Å². The molecule has 0 saturated carbocycles. The number of hydrogen-bond acceptors (Lipinski definition) is 8. The Bertz CT molecular complexity index is 1170. The van der Waals surface area contributed by atoms with E-state index in [1.165, 1.54) is 25.3 Å². The number of hydrogen-bond donors (Lipinski definition) is 1. The first-order chi connectivity index (χ1) is 16.2. The number of non-ortho nitro benzene ring substituents is 1. The van der Waals surface area contributed by atoms with E-state index >= 15 is 0 Å². The van der Waals surface area contributed by atoms with Crippen LogP contribution in [0.4, 0.5) is 16.2 Å². The molecule has 0 spiro atoms. The summed E-state index contributed by atoms with van der Waals surface area (Å²) in [4.78, 5) is 62.9. The molecule has 1 unspecified atom stereocenters. The largest absolute Gasteiger partial charge is 0.495 e. The first-order valence-electron chi connectivity index (χ1n) is 10.2. The number of imide groups is 1. The summed E-state index contributed by atoms with van der Waals surface area (Å²) in [5.74, 6) is -2.07. The van der Waals surface area contributed by atoms with Crippen molar-refractivity contribution in [1.82, 2.24) is 10.4 Å². The van der Waals surface area contributed by atoms with Gasteiger partial charge in [0.15, 0.2) is 0 Å². The van der Waals surface area contributed by atoms with Gasteiger partial charge in [0, 0.05) is 17.7 Å². The van der Waals surface area contributed by atoms with Crippen molar-refractivity contribution in [2.75, 3.05) is 18.6 Å². The number of carbonyl (C=O) groups is 4. The minimum atomic E-state index is -1.42. The molecule has 12 heteroatoms. The second kappa shape index (κ2) is 9.98. The maximum absolute atomic E-state index is 13.3. The van der Waals surface area contributed by atoms with Gasteiger partial charge in [-0.25, -0.2) is 20.1 Å². The summed E-state index contributed by atoms with van der Waals surface area (Å²) < 4.78 is 10.1. The first-order valence-corrected chi connectivity index (χ1v) is 10.2. The maximum Gasteiger partial charge on any atom is 0.426 e. The first kappa shape index (κ1) is 24.2. The Balaban J connectivity index is 2.01. The summed E-state index contributed by atoms with van der Waals surface area (Å²) in [6.45, 7) is 3.29. The zero-order valence-electron chi connectivity index (χ0n) is 18.6. The molecule has 1 N–H and O–H groups in total. The molecule has 0 aliphatic carbocycles. The zero-order chi connectivity index (χ0) is 25.0. The lowest BCUT2D eigenvalue weighted by Gasteiger charge is -2.27. The predicted molar refractivity (Wildman–Crippen MR) is 118 cm³/mol. The molecule has 1 atom stereocenters. The fraction of sp³-hybridized carbons (Fsp3) is 0.273. The number of nitro groups is 1. The van der Waals surface area contributed by atoms with E-state index in [2.05, 4.69) is 5.43 Å². The summed E-state index contributed by atoms with van der Waals surface area (Å²) in [5.41, 5.74) is 2.62. The molecule has 0 radical (unpaired) electrons. The third-order valence-corrected chi connectivity index (χ3v) is 5.02. The number of aryl methyl sites for hydroxylation is 1. The van der Waals surface area contributed by atoms with E-state index in [0.29, 0.717) is 5.01 Å². The Morgan fingerprint density at radius 1 is 1.24 bits per heavy atom. The lowest BCUT2D eigenvalue weighted by atomic mass is 10.1. The monoisotopic (exact) mass is 470 g/mol. The van der Waals surface area contributed by atoms with E-state index in [1.807, 2.05) is 0 Å². The number of methoxy groups -OCH3 is 1. The predicted octanol–water partition coefficient (Wildman–Crippen LogP) is 2.35. The van der Waals surface area contributed by atoms with Crippen molar-refractivity contribution in [2.45, 2.75) is 26.3 Å². The van der Waals surface area contributed by atoms with Crippen LogP contribution in [0.1, 0.15) is 29.3 Å². The van der Waals surface area contributed by atoms with E-state index < -0.39 is 41.2 Å². The Labute approximate surface area is 194 Å². The quantitative estimate of drug-likeness (QED) is 0.384. The van der Waals surface area contributed by atoms with Gasteiger partial charge in [0.25, 0.3) is 17.5 Å². The summed E-state index contributed by atoms with van der Waals surface area (Å²) in [6.07, 6.45) is -1.48. The molecule has 1 saturated heterocycles. The van der Waals surface area contributed by atoms with Gasteiger partial charge in [0.1, 0.15) is 11.8 Å². The number of ether oxygens (including phenoxy) is 2. The van der Waals surface area contributed by atoms with Crippen LogP contribution in [0, 0.1) is 17.0 Å². The van der Waals surface area contributed by atoms with E-state index in [4.69, 9.17) is 9.47 Å². The molecule has 2 aromatic carbocycles.